The normalized spacial score (nSPS) is 10.1. The molecule has 0 aliphatic heterocycles. The Morgan fingerprint density at radius 3 is 2.14 bits per heavy atom. The Balaban J connectivity index is 1.93. The Labute approximate surface area is 170 Å². The average Bonchev–Trinajstić information content (AvgIpc) is 2.69. The summed E-state index contributed by atoms with van der Waals surface area (Å²) >= 11 is 4.44. The third-order valence-electron chi connectivity index (χ3n) is 4.24. The molecule has 0 unspecified atom stereocenters. The summed E-state index contributed by atoms with van der Waals surface area (Å²) in [6.07, 6.45) is 0.494. The molecule has 0 heterocycles. The molecule has 29 heavy (non-hydrogen) atoms. The fourth-order valence-electron chi connectivity index (χ4n) is 2.73. The highest BCUT2D eigenvalue weighted by atomic mass is 32.1. The number of isothiocyanates is 1. The quantitative estimate of drug-likeness (QED) is 0.205. The van der Waals surface area contributed by atoms with Crippen molar-refractivity contribution in [3.63, 3.8) is 0 Å². The molecule has 1 nitrogen and oxygen atoms in total. The molecule has 0 aliphatic carbocycles. The van der Waals surface area contributed by atoms with Gasteiger partial charge in [-0.15, -0.1) is 0 Å². The lowest BCUT2D eigenvalue weighted by molar-refractivity contribution is 0.574. The van der Waals surface area contributed by atoms with Crippen LogP contribution in [0.25, 0.3) is 11.1 Å². The summed E-state index contributed by atoms with van der Waals surface area (Å²) in [6.45, 7) is 1.79. The second-order valence-corrected chi connectivity index (χ2v) is 6.28. The number of hydrogen-bond acceptors (Lipinski definition) is 2. The van der Waals surface area contributed by atoms with Gasteiger partial charge >= 0.3 is 0 Å². The van der Waals surface area contributed by atoms with Crippen LogP contribution in [0.2, 0.25) is 0 Å². The van der Waals surface area contributed by atoms with Gasteiger partial charge in [0.1, 0.15) is 29.0 Å². The van der Waals surface area contributed by atoms with E-state index in [1.807, 2.05) is 0 Å². The van der Waals surface area contributed by atoms with Gasteiger partial charge in [0.25, 0.3) is 0 Å². The monoisotopic (exact) mass is 411 g/mol. The largest absolute Gasteiger partial charge is 0.206 e. The van der Waals surface area contributed by atoms with Crippen molar-refractivity contribution >= 4 is 23.1 Å². The minimum absolute atomic E-state index is 0.00444. The summed E-state index contributed by atoms with van der Waals surface area (Å²) in [7, 11) is 0. The van der Waals surface area contributed by atoms with Crippen LogP contribution in [0.4, 0.5) is 23.2 Å². The van der Waals surface area contributed by atoms with Crippen LogP contribution in [-0.2, 0) is 6.42 Å². The third-order valence-corrected chi connectivity index (χ3v) is 4.33. The zero-order valence-electron chi connectivity index (χ0n) is 15.2. The lowest BCUT2D eigenvalue weighted by Crippen LogP contribution is -1.94. The Bertz CT molecular complexity index is 1180. The van der Waals surface area contributed by atoms with Gasteiger partial charge in [0.15, 0.2) is 0 Å². The predicted molar refractivity (Wildman–Crippen MR) is 108 cm³/mol. The molecule has 3 rings (SSSR count). The van der Waals surface area contributed by atoms with E-state index < -0.39 is 23.3 Å². The topological polar surface area (TPSA) is 12.4 Å². The zero-order valence-corrected chi connectivity index (χ0v) is 16.0. The van der Waals surface area contributed by atoms with Crippen molar-refractivity contribution in [2.24, 2.45) is 4.99 Å². The van der Waals surface area contributed by atoms with Gasteiger partial charge in [-0.05, 0) is 66.2 Å². The van der Waals surface area contributed by atoms with Crippen LogP contribution < -0.4 is 0 Å². The van der Waals surface area contributed by atoms with E-state index in [4.69, 9.17) is 0 Å². The maximum atomic E-state index is 14.5. The summed E-state index contributed by atoms with van der Waals surface area (Å²) in [4.78, 5) is 3.57. The fraction of sp³-hybridized carbons (Fsp3) is 0.0870. The molecule has 0 bridgehead atoms. The molecule has 3 aromatic rings. The molecule has 0 aliphatic rings. The second-order valence-electron chi connectivity index (χ2n) is 6.10. The van der Waals surface area contributed by atoms with Gasteiger partial charge in [-0.3, -0.25) is 0 Å². The Hall–Kier alpha value is -3.26. The van der Waals surface area contributed by atoms with E-state index >= 15 is 0 Å². The Morgan fingerprint density at radius 2 is 1.55 bits per heavy atom. The lowest BCUT2D eigenvalue weighted by atomic mass is 10.0. The van der Waals surface area contributed by atoms with Gasteiger partial charge in [-0.1, -0.05) is 30.9 Å². The molecule has 0 aromatic heterocycles. The smallest absolute Gasteiger partial charge is 0.150 e. The number of halogens is 4. The predicted octanol–water partition coefficient (Wildman–Crippen LogP) is 6.61. The molecule has 0 fully saturated rings. The summed E-state index contributed by atoms with van der Waals surface area (Å²) in [6, 6.07) is 10.5. The molecular weight excluding hydrogens is 398 g/mol. The van der Waals surface area contributed by atoms with E-state index in [0.29, 0.717) is 17.5 Å². The molecule has 6 heteroatoms. The summed E-state index contributed by atoms with van der Waals surface area (Å²) in [5.41, 5.74) is 0.836. The highest BCUT2D eigenvalue weighted by molar-refractivity contribution is 7.78. The number of aryl methyl sites for hydroxylation is 1. The molecule has 0 amide bonds. The molecule has 0 saturated carbocycles. The Morgan fingerprint density at radius 1 is 0.828 bits per heavy atom. The first-order chi connectivity index (χ1) is 13.9. The summed E-state index contributed by atoms with van der Waals surface area (Å²) in [5, 5.41) is 2.07. The van der Waals surface area contributed by atoms with Crippen LogP contribution in [0.5, 0.6) is 0 Å². The molecule has 0 radical (unpaired) electrons. The number of benzene rings is 3. The van der Waals surface area contributed by atoms with E-state index in [1.165, 1.54) is 36.4 Å². The standard InChI is InChI=1S/C23H13F4NS/c1-2-14-9-20(25)18(21(26)10-14)7-4-15-3-6-17(19(24)11-15)16-5-8-23(28-13-29)22(27)12-16/h3,5-6,8-12H,2H2,1H3. The number of rotatable bonds is 3. The molecule has 0 N–H and O–H groups in total. The first kappa shape index (κ1) is 20.5. The average molecular weight is 411 g/mol. The van der Waals surface area contributed by atoms with E-state index in [2.05, 4.69) is 34.2 Å². The van der Waals surface area contributed by atoms with Gasteiger partial charge in [0.2, 0.25) is 0 Å². The van der Waals surface area contributed by atoms with Gasteiger partial charge in [0, 0.05) is 11.1 Å². The van der Waals surface area contributed by atoms with Crippen LogP contribution in [0.1, 0.15) is 23.6 Å². The van der Waals surface area contributed by atoms with Crippen molar-refractivity contribution in [1.82, 2.24) is 0 Å². The van der Waals surface area contributed by atoms with E-state index in [-0.39, 0.29) is 22.4 Å². The molecule has 0 spiro atoms. The lowest BCUT2D eigenvalue weighted by Gasteiger charge is -2.05. The van der Waals surface area contributed by atoms with Crippen LogP contribution >= 0.6 is 12.2 Å². The van der Waals surface area contributed by atoms with Crippen LogP contribution in [0.3, 0.4) is 0 Å². The molecule has 0 saturated heterocycles. The maximum absolute atomic E-state index is 14.5. The fourth-order valence-corrected chi connectivity index (χ4v) is 2.82. The zero-order chi connectivity index (χ0) is 21.0. The summed E-state index contributed by atoms with van der Waals surface area (Å²) < 4.78 is 56.5. The number of aliphatic imine (C=N–C) groups is 1. The van der Waals surface area contributed by atoms with Crippen LogP contribution in [-0.4, -0.2) is 5.16 Å². The van der Waals surface area contributed by atoms with Gasteiger partial charge in [-0.2, -0.15) is 4.99 Å². The number of nitrogens with zero attached hydrogens (tertiary/aromatic N) is 1. The highest BCUT2D eigenvalue weighted by Gasteiger charge is 2.10. The number of thiocarbonyl (C=S) groups is 1. The van der Waals surface area contributed by atoms with Crippen molar-refractivity contribution in [2.75, 3.05) is 0 Å². The van der Waals surface area contributed by atoms with E-state index in [9.17, 15) is 17.6 Å². The molecule has 144 valence electrons. The minimum atomic E-state index is -0.763. The van der Waals surface area contributed by atoms with Gasteiger partial charge in [0.05, 0.1) is 10.7 Å². The van der Waals surface area contributed by atoms with Crippen LogP contribution in [0, 0.1) is 35.1 Å². The highest BCUT2D eigenvalue weighted by Crippen LogP contribution is 2.28. The SMILES string of the molecule is CCc1cc(F)c(C#Cc2ccc(-c3ccc(N=C=S)c(F)c3)c(F)c2)c(F)c1. The van der Waals surface area contributed by atoms with Crippen molar-refractivity contribution in [2.45, 2.75) is 13.3 Å². The third kappa shape index (κ3) is 4.60. The first-order valence-corrected chi connectivity index (χ1v) is 9.01. The summed E-state index contributed by atoms with van der Waals surface area (Å²) in [5.74, 6) is 2.13. The van der Waals surface area contributed by atoms with Crippen molar-refractivity contribution in [3.8, 4) is 23.0 Å². The molecule has 0 atom stereocenters. The Kier molecular flexibility index (Phi) is 6.23. The molecular formula is C23H13F4NS. The van der Waals surface area contributed by atoms with Gasteiger partial charge < -0.3 is 0 Å². The van der Waals surface area contributed by atoms with E-state index in [1.54, 1.807) is 6.92 Å². The van der Waals surface area contributed by atoms with Crippen molar-refractivity contribution in [1.29, 1.82) is 0 Å². The maximum Gasteiger partial charge on any atom is 0.150 e. The van der Waals surface area contributed by atoms with Crippen molar-refractivity contribution < 1.29 is 17.6 Å². The molecule has 3 aromatic carbocycles. The second kappa shape index (κ2) is 8.83. The first-order valence-electron chi connectivity index (χ1n) is 8.60. The van der Waals surface area contributed by atoms with Crippen LogP contribution in [0.15, 0.2) is 53.5 Å². The van der Waals surface area contributed by atoms with Gasteiger partial charge in [-0.25, -0.2) is 17.6 Å². The minimum Gasteiger partial charge on any atom is -0.206 e. The number of hydrogen-bond donors (Lipinski definition) is 0. The van der Waals surface area contributed by atoms with Crippen molar-refractivity contribution in [3.05, 3.63) is 88.5 Å². The van der Waals surface area contributed by atoms with E-state index in [0.717, 1.165) is 12.1 Å².